The van der Waals surface area contributed by atoms with Crippen molar-refractivity contribution in [2.75, 3.05) is 14.1 Å². The van der Waals surface area contributed by atoms with Gasteiger partial charge in [-0.3, -0.25) is 0 Å². The summed E-state index contributed by atoms with van der Waals surface area (Å²) in [4.78, 5) is 2.11. The second-order valence-electron chi connectivity index (χ2n) is 3.66. The summed E-state index contributed by atoms with van der Waals surface area (Å²) in [5, 5.41) is 0. The molecule has 0 bridgehead atoms. The first-order valence-corrected chi connectivity index (χ1v) is 4.40. The van der Waals surface area contributed by atoms with Crippen LogP contribution in [0.25, 0.3) is 0 Å². The molecule has 0 saturated heterocycles. The predicted molar refractivity (Wildman–Crippen MR) is 51.5 cm³/mol. The van der Waals surface area contributed by atoms with Crippen molar-refractivity contribution in [2.24, 2.45) is 5.92 Å². The van der Waals surface area contributed by atoms with Crippen molar-refractivity contribution in [1.82, 2.24) is 4.90 Å². The first kappa shape index (κ1) is 10.5. The van der Waals surface area contributed by atoms with Gasteiger partial charge in [0.25, 0.3) is 0 Å². The van der Waals surface area contributed by atoms with E-state index in [1.54, 1.807) is 0 Å². The van der Waals surface area contributed by atoms with Gasteiger partial charge in [-0.05, 0) is 25.5 Å². The van der Waals surface area contributed by atoms with Crippen molar-refractivity contribution in [3.63, 3.8) is 0 Å². The van der Waals surface area contributed by atoms with Gasteiger partial charge in [0, 0.05) is 14.1 Å². The van der Waals surface area contributed by atoms with Gasteiger partial charge in [0.15, 0.2) is 0 Å². The molecule has 0 aliphatic carbocycles. The van der Waals surface area contributed by atoms with Gasteiger partial charge in [0.1, 0.15) is 0 Å². The highest BCUT2D eigenvalue weighted by atomic mass is 15.0. The van der Waals surface area contributed by atoms with Gasteiger partial charge in [-0.1, -0.05) is 25.8 Å². The van der Waals surface area contributed by atoms with Crippen molar-refractivity contribution in [1.29, 1.82) is 0 Å². The van der Waals surface area contributed by atoms with E-state index < -0.39 is 0 Å². The summed E-state index contributed by atoms with van der Waals surface area (Å²) in [5.41, 5.74) is 1.48. The lowest BCUT2D eigenvalue weighted by molar-refractivity contribution is 0.524. The van der Waals surface area contributed by atoms with E-state index in [4.69, 9.17) is 0 Å². The van der Waals surface area contributed by atoms with Crippen LogP contribution < -0.4 is 0 Å². The first-order valence-electron chi connectivity index (χ1n) is 4.40. The summed E-state index contributed by atoms with van der Waals surface area (Å²) in [5.74, 6) is 0.825. The summed E-state index contributed by atoms with van der Waals surface area (Å²) < 4.78 is 0. The topological polar surface area (TPSA) is 3.24 Å². The lowest BCUT2D eigenvalue weighted by Gasteiger charge is -2.11. The van der Waals surface area contributed by atoms with Crippen LogP contribution in [0.15, 0.2) is 11.8 Å². The Hall–Kier alpha value is -0.460. The van der Waals surface area contributed by atoms with Crippen LogP contribution in [0.4, 0.5) is 0 Å². The average molecular weight is 155 g/mol. The third-order valence-corrected chi connectivity index (χ3v) is 1.85. The van der Waals surface area contributed by atoms with Crippen molar-refractivity contribution in [3.05, 3.63) is 11.8 Å². The predicted octanol–water partition coefficient (Wildman–Crippen LogP) is 2.89. The molecule has 1 unspecified atom stereocenters. The van der Waals surface area contributed by atoms with Gasteiger partial charge in [-0.25, -0.2) is 0 Å². The van der Waals surface area contributed by atoms with Crippen LogP contribution in [-0.4, -0.2) is 19.0 Å². The molecule has 11 heavy (non-hydrogen) atoms. The van der Waals surface area contributed by atoms with Gasteiger partial charge in [0.2, 0.25) is 0 Å². The zero-order valence-electron chi connectivity index (χ0n) is 8.52. The molecule has 0 N–H and O–H groups in total. The van der Waals surface area contributed by atoms with Gasteiger partial charge >= 0.3 is 0 Å². The molecule has 66 valence electrons. The molecule has 0 amide bonds. The third-order valence-electron chi connectivity index (χ3n) is 1.85. The second kappa shape index (κ2) is 5.22. The van der Waals surface area contributed by atoms with E-state index in [9.17, 15) is 0 Å². The zero-order valence-corrected chi connectivity index (χ0v) is 8.52. The minimum absolute atomic E-state index is 0.825. The molecule has 0 saturated carbocycles. The fourth-order valence-electron chi connectivity index (χ4n) is 1.19. The smallest absolute Gasteiger partial charge is 0.00556 e. The Morgan fingerprint density at radius 2 is 2.00 bits per heavy atom. The molecule has 0 aromatic carbocycles. The van der Waals surface area contributed by atoms with E-state index in [0.29, 0.717) is 0 Å². The Bertz CT molecular complexity index is 125. The molecule has 0 radical (unpaired) electrons. The number of hydrogen-bond acceptors (Lipinski definition) is 1. The number of hydrogen-bond donors (Lipinski definition) is 0. The largest absolute Gasteiger partial charge is 0.384 e. The molecule has 0 aromatic rings. The third kappa shape index (κ3) is 5.96. The van der Waals surface area contributed by atoms with Crippen LogP contribution in [0.1, 0.15) is 33.6 Å². The maximum absolute atomic E-state index is 2.30. The second-order valence-corrected chi connectivity index (χ2v) is 3.66. The minimum Gasteiger partial charge on any atom is -0.384 e. The van der Waals surface area contributed by atoms with E-state index in [2.05, 4.69) is 46.0 Å². The van der Waals surface area contributed by atoms with Crippen LogP contribution >= 0.6 is 0 Å². The highest BCUT2D eigenvalue weighted by Gasteiger charge is 1.99. The van der Waals surface area contributed by atoms with E-state index in [-0.39, 0.29) is 0 Å². The molecule has 0 spiro atoms. The summed E-state index contributed by atoms with van der Waals surface area (Å²) in [6, 6.07) is 0. The molecule has 0 heterocycles. The van der Waals surface area contributed by atoms with Crippen molar-refractivity contribution in [2.45, 2.75) is 33.6 Å². The standard InChI is InChI=1S/C10H21N/c1-6-9(2)7-10(3)8-11(4)5/h8-9H,6-7H2,1-5H3/b10-8-. The fraction of sp³-hybridized carbons (Fsp3) is 0.800. The molecule has 0 aliphatic rings. The van der Waals surface area contributed by atoms with Crippen LogP contribution in [0.2, 0.25) is 0 Å². The minimum atomic E-state index is 0.825. The van der Waals surface area contributed by atoms with Gasteiger partial charge in [0.05, 0.1) is 0 Å². The van der Waals surface area contributed by atoms with E-state index in [1.165, 1.54) is 18.4 Å². The maximum atomic E-state index is 2.30. The molecule has 0 rings (SSSR count). The molecule has 1 atom stereocenters. The Morgan fingerprint density at radius 1 is 1.45 bits per heavy atom. The maximum Gasteiger partial charge on any atom is 0.00556 e. The van der Waals surface area contributed by atoms with Crippen LogP contribution in [0.5, 0.6) is 0 Å². The SMILES string of the molecule is CCC(C)C/C(C)=C\N(C)C. The molecular weight excluding hydrogens is 134 g/mol. The van der Waals surface area contributed by atoms with E-state index >= 15 is 0 Å². The van der Waals surface area contributed by atoms with Crippen molar-refractivity contribution in [3.8, 4) is 0 Å². The highest BCUT2D eigenvalue weighted by Crippen LogP contribution is 2.13. The lowest BCUT2D eigenvalue weighted by atomic mass is 10.0. The molecule has 1 heteroatoms. The Balaban J connectivity index is 3.76. The quantitative estimate of drug-likeness (QED) is 0.603. The Morgan fingerprint density at radius 3 is 2.36 bits per heavy atom. The number of nitrogens with zero attached hydrogens (tertiary/aromatic N) is 1. The monoisotopic (exact) mass is 155 g/mol. The highest BCUT2D eigenvalue weighted by molar-refractivity contribution is 4.97. The fourth-order valence-corrected chi connectivity index (χ4v) is 1.19. The molecule has 0 fully saturated rings. The van der Waals surface area contributed by atoms with Gasteiger partial charge in [-0.15, -0.1) is 0 Å². The van der Waals surface area contributed by atoms with E-state index in [1.807, 2.05) is 0 Å². The Labute approximate surface area is 71.1 Å². The molecule has 1 nitrogen and oxygen atoms in total. The van der Waals surface area contributed by atoms with E-state index in [0.717, 1.165) is 5.92 Å². The summed E-state index contributed by atoms with van der Waals surface area (Å²) in [6.45, 7) is 6.74. The average Bonchev–Trinajstić information content (AvgIpc) is 1.85. The number of rotatable bonds is 4. The van der Waals surface area contributed by atoms with Crippen LogP contribution in [0.3, 0.4) is 0 Å². The summed E-state index contributed by atoms with van der Waals surface area (Å²) >= 11 is 0. The van der Waals surface area contributed by atoms with Crippen molar-refractivity contribution < 1.29 is 0 Å². The van der Waals surface area contributed by atoms with Gasteiger partial charge < -0.3 is 4.90 Å². The molecule has 0 aromatic heterocycles. The Kier molecular flexibility index (Phi) is 5.01. The number of allylic oxidation sites excluding steroid dienone is 1. The molecular formula is C10H21N. The summed E-state index contributed by atoms with van der Waals surface area (Å²) in [7, 11) is 4.14. The van der Waals surface area contributed by atoms with Crippen LogP contribution in [-0.2, 0) is 0 Å². The molecule has 0 aliphatic heterocycles. The summed E-state index contributed by atoms with van der Waals surface area (Å²) in [6.07, 6.45) is 4.71. The van der Waals surface area contributed by atoms with Crippen molar-refractivity contribution >= 4 is 0 Å². The zero-order chi connectivity index (χ0) is 8.85. The normalized spacial score (nSPS) is 14.8. The van der Waals surface area contributed by atoms with Gasteiger partial charge in [-0.2, -0.15) is 0 Å². The first-order chi connectivity index (χ1) is 5.06. The lowest BCUT2D eigenvalue weighted by Crippen LogP contribution is -2.03. The van der Waals surface area contributed by atoms with Crippen LogP contribution in [0, 0.1) is 5.92 Å².